The van der Waals surface area contributed by atoms with Gasteiger partial charge in [0.25, 0.3) is 0 Å². The molecule has 7 nitrogen and oxygen atoms in total. The number of aliphatic imine (C=N–C) groups is 1. The van der Waals surface area contributed by atoms with Gasteiger partial charge in [-0.3, -0.25) is 9.89 Å². The molecule has 0 amide bonds. The van der Waals surface area contributed by atoms with Crippen molar-refractivity contribution in [2.75, 3.05) is 26.7 Å². The Hall–Kier alpha value is -1.63. The van der Waals surface area contributed by atoms with Gasteiger partial charge in [0, 0.05) is 32.6 Å². The zero-order chi connectivity index (χ0) is 15.4. The fourth-order valence-corrected chi connectivity index (χ4v) is 3.48. The van der Waals surface area contributed by atoms with E-state index < -0.39 is 0 Å². The Labute approximate surface area is 132 Å². The van der Waals surface area contributed by atoms with Crippen LogP contribution in [0.2, 0.25) is 0 Å². The average Bonchev–Trinajstić information content (AvgIpc) is 3.24. The zero-order valence-electron chi connectivity index (χ0n) is 13.7. The lowest BCUT2D eigenvalue weighted by atomic mass is 10.2. The molecular formula is C15H27N7. The molecule has 2 N–H and O–H groups in total. The summed E-state index contributed by atoms with van der Waals surface area (Å²) in [5.74, 6) is 2.97. The molecule has 1 aromatic heterocycles. The molecule has 3 heterocycles. The van der Waals surface area contributed by atoms with Crippen molar-refractivity contribution >= 4 is 5.96 Å². The van der Waals surface area contributed by atoms with Gasteiger partial charge in [-0.15, -0.1) is 10.2 Å². The standard InChI is InChI=1S/C15H27N7/c1-3-21-8-4-6-12(21)10-17-15(16-2)18-11-14-20-19-13-7-5-9-22(13)14/h12H,3-11H2,1-2H3,(H2,16,17,18). The lowest BCUT2D eigenvalue weighted by Crippen LogP contribution is -2.44. The van der Waals surface area contributed by atoms with Crippen molar-refractivity contribution in [2.24, 2.45) is 4.99 Å². The first kappa shape index (κ1) is 15.3. The van der Waals surface area contributed by atoms with Gasteiger partial charge in [-0.2, -0.15) is 0 Å². The highest BCUT2D eigenvalue weighted by molar-refractivity contribution is 5.79. The number of hydrogen-bond donors (Lipinski definition) is 2. The van der Waals surface area contributed by atoms with Gasteiger partial charge in [0.1, 0.15) is 5.82 Å². The number of likely N-dealkylation sites (N-methyl/N-ethyl adjacent to an activating group) is 1. The van der Waals surface area contributed by atoms with Crippen molar-refractivity contribution in [3.8, 4) is 0 Å². The second-order valence-electron chi connectivity index (χ2n) is 6.02. The number of rotatable bonds is 5. The molecule has 122 valence electrons. The second kappa shape index (κ2) is 7.09. The summed E-state index contributed by atoms with van der Waals surface area (Å²) < 4.78 is 2.22. The van der Waals surface area contributed by atoms with Crippen LogP contribution in [-0.2, 0) is 19.5 Å². The number of hydrogen-bond acceptors (Lipinski definition) is 4. The third-order valence-electron chi connectivity index (χ3n) is 4.73. The Bertz CT molecular complexity index is 522. The van der Waals surface area contributed by atoms with Crippen LogP contribution in [0.5, 0.6) is 0 Å². The molecule has 1 saturated heterocycles. The van der Waals surface area contributed by atoms with Crippen LogP contribution in [0, 0.1) is 0 Å². The van der Waals surface area contributed by atoms with Gasteiger partial charge in [-0.25, -0.2) is 0 Å². The molecule has 0 aromatic carbocycles. The molecule has 0 bridgehead atoms. The van der Waals surface area contributed by atoms with Crippen molar-refractivity contribution in [2.45, 2.75) is 51.7 Å². The van der Waals surface area contributed by atoms with Crippen molar-refractivity contribution < 1.29 is 0 Å². The van der Waals surface area contributed by atoms with Crippen molar-refractivity contribution in [1.29, 1.82) is 0 Å². The van der Waals surface area contributed by atoms with Gasteiger partial charge in [0.15, 0.2) is 11.8 Å². The van der Waals surface area contributed by atoms with E-state index in [1.54, 1.807) is 0 Å². The predicted octanol–water partition coefficient (Wildman–Crippen LogP) is 0.374. The molecule has 0 aliphatic carbocycles. The number of nitrogens with zero attached hydrogens (tertiary/aromatic N) is 5. The van der Waals surface area contributed by atoms with E-state index in [-0.39, 0.29) is 0 Å². The lowest BCUT2D eigenvalue weighted by Gasteiger charge is -2.23. The Balaban J connectivity index is 1.48. The number of guanidine groups is 1. The third-order valence-corrected chi connectivity index (χ3v) is 4.73. The maximum atomic E-state index is 4.31. The number of nitrogens with one attached hydrogen (secondary N) is 2. The van der Waals surface area contributed by atoms with Crippen LogP contribution >= 0.6 is 0 Å². The van der Waals surface area contributed by atoms with E-state index in [0.29, 0.717) is 12.6 Å². The van der Waals surface area contributed by atoms with Crippen LogP contribution in [0.1, 0.15) is 37.8 Å². The highest BCUT2D eigenvalue weighted by Gasteiger charge is 2.23. The summed E-state index contributed by atoms with van der Waals surface area (Å²) in [5, 5.41) is 15.3. The maximum absolute atomic E-state index is 4.31. The molecule has 2 aliphatic rings. The molecule has 1 fully saturated rings. The van der Waals surface area contributed by atoms with Crippen LogP contribution in [-0.4, -0.2) is 58.3 Å². The molecule has 2 aliphatic heterocycles. The lowest BCUT2D eigenvalue weighted by molar-refractivity contribution is 0.267. The zero-order valence-corrected chi connectivity index (χ0v) is 13.7. The van der Waals surface area contributed by atoms with E-state index in [2.05, 4.69) is 42.2 Å². The molecule has 0 saturated carbocycles. The van der Waals surface area contributed by atoms with E-state index in [9.17, 15) is 0 Å². The smallest absolute Gasteiger partial charge is 0.191 e. The van der Waals surface area contributed by atoms with Gasteiger partial charge in [0.2, 0.25) is 0 Å². The van der Waals surface area contributed by atoms with Gasteiger partial charge in [-0.1, -0.05) is 6.92 Å². The molecule has 1 atom stereocenters. The minimum absolute atomic E-state index is 0.626. The Morgan fingerprint density at radius 3 is 3.00 bits per heavy atom. The van der Waals surface area contributed by atoms with Gasteiger partial charge >= 0.3 is 0 Å². The Morgan fingerprint density at radius 1 is 1.27 bits per heavy atom. The number of likely N-dealkylation sites (tertiary alicyclic amines) is 1. The molecule has 7 heteroatoms. The van der Waals surface area contributed by atoms with Crippen LogP contribution in [0.25, 0.3) is 0 Å². The van der Waals surface area contributed by atoms with E-state index in [1.807, 2.05) is 7.05 Å². The normalized spacial score (nSPS) is 22.1. The van der Waals surface area contributed by atoms with E-state index in [0.717, 1.165) is 43.7 Å². The summed E-state index contributed by atoms with van der Waals surface area (Å²) >= 11 is 0. The predicted molar refractivity (Wildman–Crippen MR) is 86.8 cm³/mol. The Kier molecular flexibility index (Phi) is 4.92. The van der Waals surface area contributed by atoms with Crippen LogP contribution in [0.15, 0.2) is 4.99 Å². The molecule has 1 unspecified atom stereocenters. The summed E-state index contributed by atoms with van der Waals surface area (Å²) in [6.07, 6.45) is 4.81. The van der Waals surface area contributed by atoms with Crippen LogP contribution in [0.3, 0.4) is 0 Å². The summed E-state index contributed by atoms with van der Waals surface area (Å²) in [6, 6.07) is 0.626. The minimum atomic E-state index is 0.626. The monoisotopic (exact) mass is 305 g/mol. The van der Waals surface area contributed by atoms with Gasteiger partial charge in [0.05, 0.1) is 6.54 Å². The summed E-state index contributed by atoms with van der Waals surface area (Å²) in [7, 11) is 1.82. The number of fused-ring (bicyclic) bond motifs is 1. The first-order valence-electron chi connectivity index (χ1n) is 8.41. The van der Waals surface area contributed by atoms with Gasteiger partial charge in [-0.05, 0) is 32.4 Å². The van der Waals surface area contributed by atoms with Crippen LogP contribution < -0.4 is 10.6 Å². The first-order chi connectivity index (χ1) is 10.8. The molecule has 0 spiro atoms. The van der Waals surface area contributed by atoms with Crippen LogP contribution in [0.4, 0.5) is 0 Å². The molecule has 1 aromatic rings. The van der Waals surface area contributed by atoms with E-state index in [4.69, 9.17) is 0 Å². The summed E-state index contributed by atoms with van der Waals surface area (Å²) in [4.78, 5) is 6.84. The molecule has 3 rings (SSSR count). The van der Waals surface area contributed by atoms with E-state index >= 15 is 0 Å². The summed E-state index contributed by atoms with van der Waals surface area (Å²) in [6.45, 7) is 7.25. The fourth-order valence-electron chi connectivity index (χ4n) is 3.48. The van der Waals surface area contributed by atoms with Crippen molar-refractivity contribution in [1.82, 2.24) is 30.3 Å². The minimum Gasteiger partial charge on any atom is -0.355 e. The SMILES string of the molecule is CCN1CCCC1CNC(=NC)NCc1nnc2n1CCC2. The molecule has 0 radical (unpaired) electrons. The van der Waals surface area contributed by atoms with E-state index in [1.165, 1.54) is 25.8 Å². The average molecular weight is 305 g/mol. The van der Waals surface area contributed by atoms with Gasteiger partial charge < -0.3 is 15.2 Å². The van der Waals surface area contributed by atoms with Crippen molar-refractivity contribution in [3.05, 3.63) is 11.6 Å². The third kappa shape index (κ3) is 3.24. The number of aryl methyl sites for hydroxylation is 1. The topological polar surface area (TPSA) is 70.4 Å². The second-order valence-corrected chi connectivity index (χ2v) is 6.02. The Morgan fingerprint density at radius 2 is 2.18 bits per heavy atom. The molecular weight excluding hydrogens is 278 g/mol. The quantitative estimate of drug-likeness (QED) is 0.608. The highest BCUT2D eigenvalue weighted by Crippen LogP contribution is 2.15. The highest BCUT2D eigenvalue weighted by atomic mass is 15.3. The largest absolute Gasteiger partial charge is 0.355 e. The first-order valence-corrected chi connectivity index (χ1v) is 8.41. The maximum Gasteiger partial charge on any atom is 0.191 e. The fraction of sp³-hybridized carbons (Fsp3) is 0.800. The van der Waals surface area contributed by atoms with Crippen molar-refractivity contribution in [3.63, 3.8) is 0 Å². The summed E-state index contributed by atoms with van der Waals surface area (Å²) in [5.41, 5.74) is 0. The number of aromatic nitrogens is 3. The molecule has 22 heavy (non-hydrogen) atoms.